The van der Waals surface area contributed by atoms with Crippen LogP contribution in [0.3, 0.4) is 0 Å². The first-order valence-corrected chi connectivity index (χ1v) is 5.74. The lowest BCUT2D eigenvalue weighted by molar-refractivity contribution is 0.750. The molecule has 4 N–H and O–H groups in total. The first-order valence-electron chi connectivity index (χ1n) is 5.74. The standard InChI is InChI=1S/C12H22B2N2/c1-11(2,13)7-5-6-8(12(3,4)14)10(16)9(7)15/h5-6H,13-16H2,1-4H3. The van der Waals surface area contributed by atoms with Crippen LogP contribution in [0.1, 0.15) is 38.8 Å². The van der Waals surface area contributed by atoms with E-state index in [1.165, 1.54) is 0 Å². The zero-order valence-electron chi connectivity index (χ0n) is 11.3. The van der Waals surface area contributed by atoms with Gasteiger partial charge >= 0.3 is 0 Å². The van der Waals surface area contributed by atoms with E-state index in [1.807, 2.05) is 0 Å². The van der Waals surface area contributed by atoms with Crippen LogP contribution in [0.5, 0.6) is 0 Å². The van der Waals surface area contributed by atoms with E-state index in [4.69, 9.17) is 11.5 Å². The van der Waals surface area contributed by atoms with Crippen molar-refractivity contribution >= 4 is 27.1 Å². The van der Waals surface area contributed by atoms with Gasteiger partial charge in [0.15, 0.2) is 0 Å². The lowest BCUT2D eigenvalue weighted by atomic mass is 9.63. The Hall–Kier alpha value is -1.05. The van der Waals surface area contributed by atoms with Gasteiger partial charge in [-0.1, -0.05) is 39.8 Å². The Bertz CT molecular complexity index is 362. The van der Waals surface area contributed by atoms with Crippen molar-refractivity contribution in [3.63, 3.8) is 0 Å². The molecule has 0 fully saturated rings. The van der Waals surface area contributed by atoms with E-state index in [0.717, 1.165) is 22.5 Å². The Labute approximate surface area is 101 Å². The first-order chi connectivity index (χ1) is 7.05. The minimum absolute atomic E-state index is 0.0363. The molecule has 0 heterocycles. The molecule has 0 amide bonds. The SMILES string of the molecule is BC(C)(C)c1ccc(C(B)(C)C)c(N)c1N. The number of benzene rings is 1. The summed E-state index contributed by atoms with van der Waals surface area (Å²) in [5.41, 5.74) is 16.0. The summed E-state index contributed by atoms with van der Waals surface area (Å²) in [5, 5.41) is 0.0727. The summed E-state index contributed by atoms with van der Waals surface area (Å²) in [7, 11) is 4.30. The Balaban J connectivity index is 3.41. The van der Waals surface area contributed by atoms with Crippen molar-refractivity contribution in [1.82, 2.24) is 0 Å². The number of hydrogen-bond donors (Lipinski definition) is 2. The van der Waals surface area contributed by atoms with Crippen LogP contribution in [0.25, 0.3) is 0 Å². The van der Waals surface area contributed by atoms with Crippen LogP contribution in [0.2, 0.25) is 0 Å². The summed E-state index contributed by atoms with van der Waals surface area (Å²) in [4.78, 5) is 0. The monoisotopic (exact) mass is 216 g/mol. The molecule has 0 aromatic heterocycles. The van der Waals surface area contributed by atoms with Crippen LogP contribution in [0.4, 0.5) is 11.4 Å². The minimum Gasteiger partial charge on any atom is -0.397 e. The quantitative estimate of drug-likeness (QED) is 0.561. The fourth-order valence-electron chi connectivity index (χ4n) is 1.94. The van der Waals surface area contributed by atoms with Gasteiger partial charge in [-0.25, -0.2) is 0 Å². The van der Waals surface area contributed by atoms with E-state index < -0.39 is 0 Å². The van der Waals surface area contributed by atoms with E-state index in [9.17, 15) is 0 Å². The second-order valence-electron chi connectivity index (χ2n) is 6.49. The van der Waals surface area contributed by atoms with Crippen LogP contribution < -0.4 is 11.5 Å². The van der Waals surface area contributed by atoms with E-state index in [-0.39, 0.29) is 10.6 Å². The van der Waals surface area contributed by atoms with E-state index >= 15 is 0 Å². The Kier molecular flexibility index (Phi) is 3.06. The third kappa shape index (κ3) is 2.37. The van der Waals surface area contributed by atoms with Crippen molar-refractivity contribution in [3.8, 4) is 0 Å². The van der Waals surface area contributed by atoms with E-state index in [1.54, 1.807) is 0 Å². The number of hydrogen-bond acceptors (Lipinski definition) is 2. The molecule has 1 rings (SSSR count). The molecule has 0 aliphatic heterocycles. The third-order valence-corrected chi connectivity index (χ3v) is 2.90. The highest BCUT2D eigenvalue weighted by Crippen LogP contribution is 2.35. The Morgan fingerprint density at radius 1 is 0.812 bits per heavy atom. The van der Waals surface area contributed by atoms with Gasteiger partial charge in [0.2, 0.25) is 0 Å². The summed E-state index contributed by atoms with van der Waals surface area (Å²) in [5.74, 6) is 0. The maximum atomic E-state index is 6.14. The largest absolute Gasteiger partial charge is 0.397 e. The van der Waals surface area contributed by atoms with Crippen molar-refractivity contribution in [2.45, 2.75) is 38.3 Å². The smallest absolute Gasteiger partial charge is 0.114 e. The van der Waals surface area contributed by atoms with Crippen molar-refractivity contribution in [1.29, 1.82) is 0 Å². The lowest BCUT2D eigenvalue weighted by Crippen LogP contribution is -2.23. The van der Waals surface area contributed by atoms with Gasteiger partial charge in [0.1, 0.15) is 15.7 Å². The predicted octanol–water partition coefficient (Wildman–Crippen LogP) is 0.587. The van der Waals surface area contributed by atoms with Crippen LogP contribution in [-0.4, -0.2) is 15.7 Å². The van der Waals surface area contributed by atoms with Crippen LogP contribution >= 0.6 is 0 Å². The molecule has 0 aliphatic carbocycles. The molecule has 0 spiro atoms. The van der Waals surface area contributed by atoms with Crippen molar-refractivity contribution in [3.05, 3.63) is 23.3 Å². The van der Waals surface area contributed by atoms with Crippen molar-refractivity contribution in [2.75, 3.05) is 11.5 Å². The summed E-state index contributed by atoms with van der Waals surface area (Å²) in [6.07, 6.45) is 0. The van der Waals surface area contributed by atoms with Crippen LogP contribution in [-0.2, 0) is 10.6 Å². The molecule has 86 valence electrons. The molecule has 1 aromatic carbocycles. The first kappa shape index (κ1) is 13.0. The molecule has 0 atom stereocenters. The van der Waals surface area contributed by atoms with E-state index in [0.29, 0.717) is 0 Å². The molecule has 1 aromatic rings. The number of nitrogens with two attached hydrogens (primary N) is 2. The molecule has 4 heteroatoms. The predicted molar refractivity (Wildman–Crippen MR) is 78.4 cm³/mol. The maximum Gasteiger partial charge on any atom is 0.114 e. The van der Waals surface area contributed by atoms with Gasteiger partial charge in [0.05, 0.1) is 11.4 Å². The molecule has 0 aliphatic rings. The molecule has 0 saturated heterocycles. The van der Waals surface area contributed by atoms with Gasteiger partial charge < -0.3 is 11.5 Å². The fraction of sp³-hybridized carbons (Fsp3) is 0.500. The van der Waals surface area contributed by atoms with Gasteiger partial charge in [-0.2, -0.15) is 0 Å². The Morgan fingerprint density at radius 2 is 1.06 bits per heavy atom. The minimum atomic E-state index is 0.0363. The van der Waals surface area contributed by atoms with Crippen molar-refractivity contribution in [2.24, 2.45) is 0 Å². The average Bonchev–Trinajstić information content (AvgIpc) is 2.05. The number of nitrogen functional groups attached to an aromatic ring is 2. The molecule has 0 bridgehead atoms. The third-order valence-electron chi connectivity index (χ3n) is 2.90. The average molecular weight is 216 g/mol. The summed E-state index contributed by atoms with van der Waals surface area (Å²) >= 11 is 0. The van der Waals surface area contributed by atoms with Gasteiger partial charge in [-0.3, -0.25) is 0 Å². The molecule has 2 nitrogen and oxygen atoms in total. The lowest BCUT2D eigenvalue weighted by Gasteiger charge is -2.27. The number of rotatable bonds is 2. The van der Waals surface area contributed by atoms with Crippen molar-refractivity contribution < 1.29 is 0 Å². The maximum absolute atomic E-state index is 6.14. The molecular formula is C12H22B2N2. The van der Waals surface area contributed by atoms with Gasteiger partial charge in [0.25, 0.3) is 0 Å². The fourth-order valence-corrected chi connectivity index (χ4v) is 1.94. The second kappa shape index (κ2) is 3.76. The summed E-state index contributed by atoms with van der Waals surface area (Å²) < 4.78 is 0. The molecule has 0 unspecified atom stereocenters. The van der Waals surface area contributed by atoms with Gasteiger partial charge in [0, 0.05) is 0 Å². The van der Waals surface area contributed by atoms with Gasteiger partial charge in [-0.15, -0.1) is 0 Å². The molecule has 0 saturated carbocycles. The van der Waals surface area contributed by atoms with Crippen LogP contribution in [0.15, 0.2) is 12.1 Å². The zero-order chi connectivity index (χ0) is 12.7. The second-order valence-corrected chi connectivity index (χ2v) is 6.49. The highest BCUT2D eigenvalue weighted by Gasteiger charge is 2.23. The number of anilines is 2. The highest BCUT2D eigenvalue weighted by atomic mass is 14.7. The Morgan fingerprint density at radius 3 is 1.25 bits per heavy atom. The normalized spacial score (nSPS) is 12.8. The summed E-state index contributed by atoms with van der Waals surface area (Å²) in [6, 6.07) is 4.21. The highest BCUT2D eigenvalue weighted by molar-refractivity contribution is 6.17. The summed E-state index contributed by atoms with van der Waals surface area (Å²) in [6.45, 7) is 8.59. The molecule has 16 heavy (non-hydrogen) atoms. The zero-order valence-corrected chi connectivity index (χ0v) is 11.3. The molecule has 0 radical (unpaired) electrons. The van der Waals surface area contributed by atoms with E-state index in [2.05, 4.69) is 55.5 Å². The topological polar surface area (TPSA) is 52.0 Å². The molecular weight excluding hydrogens is 194 g/mol. The van der Waals surface area contributed by atoms with Crippen LogP contribution in [0, 0.1) is 0 Å². The van der Waals surface area contributed by atoms with Gasteiger partial charge in [-0.05, 0) is 21.8 Å².